The molecule has 1 N–H and O–H groups in total. The Bertz CT molecular complexity index is 749. The summed E-state index contributed by atoms with van der Waals surface area (Å²) < 4.78 is 1.79. The summed E-state index contributed by atoms with van der Waals surface area (Å²) in [5.74, 6) is 0.726. The highest BCUT2D eigenvalue weighted by Crippen LogP contribution is 2.36. The molecule has 0 saturated heterocycles. The van der Waals surface area contributed by atoms with Crippen LogP contribution in [0.25, 0.3) is 10.2 Å². The van der Waals surface area contributed by atoms with Crippen LogP contribution in [0.5, 0.6) is 0 Å². The first kappa shape index (κ1) is 12.3. The van der Waals surface area contributed by atoms with Crippen molar-refractivity contribution in [2.45, 2.75) is 38.8 Å². The molecule has 106 valence electrons. The summed E-state index contributed by atoms with van der Waals surface area (Å²) in [6.45, 7) is 3.35. The monoisotopic (exact) mass is 291 g/mol. The van der Waals surface area contributed by atoms with Gasteiger partial charge in [-0.1, -0.05) is 0 Å². The van der Waals surface area contributed by atoms with Crippen LogP contribution in [0.3, 0.4) is 0 Å². The second kappa shape index (κ2) is 4.30. The zero-order valence-electron chi connectivity index (χ0n) is 11.4. The predicted octanol–water partition coefficient (Wildman–Crippen LogP) is 1.15. The van der Waals surface area contributed by atoms with Crippen LogP contribution in [0, 0.1) is 0 Å². The van der Waals surface area contributed by atoms with Crippen molar-refractivity contribution in [2.75, 3.05) is 18.1 Å². The molecule has 0 aromatic carbocycles. The molecule has 0 spiro atoms. The van der Waals surface area contributed by atoms with Crippen LogP contribution in [-0.2, 0) is 19.4 Å². The van der Waals surface area contributed by atoms with E-state index < -0.39 is 0 Å². The van der Waals surface area contributed by atoms with Gasteiger partial charge in [-0.15, -0.1) is 11.3 Å². The van der Waals surface area contributed by atoms with Crippen molar-refractivity contribution >= 4 is 27.5 Å². The average molecular weight is 291 g/mol. The minimum Gasteiger partial charge on any atom is -0.395 e. The van der Waals surface area contributed by atoms with Gasteiger partial charge in [0.1, 0.15) is 4.83 Å². The Morgan fingerprint density at radius 2 is 2.30 bits per heavy atom. The molecular formula is C14H17N3O2S. The molecule has 6 heteroatoms. The van der Waals surface area contributed by atoms with Crippen molar-refractivity contribution in [2.24, 2.45) is 0 Å². The molecule has 0 bridgehead atoms. The second-order valence-electron chi connectivity index (χ2n) is 5.63. The summed E-state index contributed by atoms with van der Waals surface area (Å²) in [4.78, 5) is 21.8. The predicted molar refractivity (Wildman–Crippen MR) is 79.8 cm³/mol. The third-order valence-electron chi connectivity index (χ3n) is 4.38. The first-order valence-electron chi connectivity index (χ1n) is 7.13. The fraction of sp³-hybridized carbons (Fsp3) is 0.571. The molecule has 3 heterocycles. The number of aryl methyl sites for hydroxylation is 2. The summed E-state index contributed by atoms with van der Waals surface area (Å²) in [5, 5.41) is 10.0. The van der Waals surface area contributed by atoms with Gasteiger partial charge < -0.3 is 10.0 Å². The molecule has 4 rings (SSSR count). The van der Waals surface area contributed by atoms with Crippen LogP contribution in [0.2, 0.25) is 0 Å². The van der Waals surface area contributed by atoms with Crippen molar-refractivity contribution in [3.63, 3.8) is 0 Å². The highest BCUT2D eigenvalue weighted by molar-refractivity contribution is 7.18. The molecule has 2 aromatic heterocycles. The second-order valence-corrected chi connectivity index (χ2v) is 6.71. The maximum absolute atomic E-state index is 12.8. The molecule has 2 aliphatic rings. The number of rotatable bonds is 2. The number of aliphatic hydroxyl groups is 1. The number of aliphatic hydroxyl groups excluding tert-OH is 1. The number of β-amino-alcohol motifs (C(OH)–C–C–N with tert-alkyl or cyclic N) is 1. The lowest BCUT2D eigenvalue weighted by Gasteiger charge is -2.20. The minimum absolute atomic E-state index is 0.0825. The fourth-order valence-electron chi connectivity index (χ4n) is 3.44. The zero-order valence-corrected chi connectivity index (χ0v) is 12.2. The third kappa shape index (κ3) is 1.52. The summed E-state index contributed by atoms with van der Waals surface area (Å²) in [5.41, 5.74) is 1.35. The van der Waals surface area contributed by atoms with E-state index in [4.69, 9.17) is 4.98 Å². The van der Waals surface area contributed by atoms with E-state index in [2.05, 4.69) is 6.92 Å². The van der Waals surface area contributed by atoms with Crippen molar-refractivity contribution < 1.29 is 5.11 Å². The van der Waals surface area contributed by atoms with Gasteiger partial charge in [-0.25, -0.2) is 4.98 Å². The molecule has 1 aliphatic carbocycles. The number of anilines is 1. The van der Waals surface area contributed by atoms with Crippen molar-refractivity contribution in [3.8, 4) is 0 Å². The summed E-state index contributed by atoms with van der Waals surface area (Å²) in [6, 6.07) is 0.215. The lowest BCUT2D eigenvalue weighted by atomic mass is 10.2. The van der Waals surface area contributed by atoms with Crippen molar-refractivity contribution in [3.05, 3.63) is 20.8 Å². The molecule has 0 radical (unpaired) electrons. The SMILES string of the molecule is C[C@@H]1Cn2c(nc3sc4c(c3c2=O)CCC4)N1CCO. The number of aromatic nitrogens is 2. The van der Waals surface area contributed by atoms with Gasteiger partial charge in [-0.05, 0) is 31.7 Å². The van der Waals surface area contributed by atoms with E-state index in [1.165, 1.54) is 10.4 Å². The maximum atomic E-state index is 12.8. The number of fused-ring (bicyclic) bond motifs is 4. The number of hydrogen-bond acceptors (Lipinski definition) is 5. The van der Waals surface area contributed by atoms with E-state index in [1.807, 2.05) is 4.90 Å². The Balaban J connectivity index is 1.97. The molecular weight excluding hydrogens is 274 g/mol. The number of hydrogen-bond donors (Lipinski definition) is 1. The van der Waals surface area contributed by atoms with E-state index in [1.54, 1.807) is 15.9 Å². The van der Waals surface area contributed by atoms with E-state index >= 15 is 0 Å². The molecule has 0 amide bonds. The van der Waals surface area contributed by atoms with E-state index in [0.29, 0.717) is 13.1 Å². The largest absolute Gasteiger partial charge is 0.395 e. The van der Waals surface area contributed by atoms with Gasteiger partial charge in [0.05, 0.1) is 12.0 Å². The quantitative estimate of drug-likeness (QED) is 0.901. The third-order valence-corrected chi connectivity index (χ3v) is 5.57. The highest BCUT2D eigenvalue weighted by Gasteiger charge is 2.31. The molecule has 1 atom stereocenters. The maximum Gasteiger partial charge on any atom is 0.264 e. The van der Waals surface area contributed by atoms with E-state index in [-0.39, 0.29) is 18.2 Å². The number of nitrogens with zero attached hydrogens (tertiary/aromatic N) is 3. The Labute approximate surface area is 120 Å². The van der Waals surface area contributed by atoms with Crippen LogP contribution in [-0.4, -0.2) is 33.9 Å². The summed E-state index contributed by atoms with van der Waals surface area (Å²) in [6.07, 6.45) is 3.26. The Morgan fingerprint density at radius 1 is 1.45 bits per heavy atom. The Kier molecular flexibility index (Phi) is 2.65. The van der Waals surface area contributed by atoms with E-state index in [0.717, 1.165) is 35.4 Å². The van der Waals surface area contributed by atoms with Crippen LogP contribution >= 0.6 is 11.3 Å². The van der Waals surface area contributed by atoms with Gasteiger partial charge in [0.25, 0.3) is 5.56 Å². The zero-order chi connectivity index (χ0) is 13.9. The van der Waals surface area contributed by atoms with E-state index in [9.17, 15) is 9.90 Å². The van der Waals surface area contributed by atoms with Crippen LogP contribution in [0.4, 0.5) is 5.95 Å². The average Bonchev–Trinajstić information content (AvgIpc) is 3.05. The normalized spacial score (nSPS) is 20.7. The summed E-state index contributed by atoms with van der Waals surface area (Å²) >= 11 is 1.67. The van der Waals surface area contributed by atoms with Crippen LogP contribution < -0.4 is 10.5 Å². The van der Waals surface area contributed by atoms with Gasteiger partial charge in [-0.2, -0.15) is 0 Å². The van der Waals surface area contributed by atoms with Crippen molar-refractivity contribution in [1.82, 2.24) is 9.55 Å². The molecule has 2 aromatic rings. The summed E-state index contributed by atoms with van der Waals surface area (Å²) in [7, 11) is 0. The van der Waals surface area contributed by atoms with Gasteiger partial charge in [0, 0.05) is 24.0 Å². The standard InChI is InChI=1S/C14H17N3O2S/c1-8-7-17-13(19)11-9-3-2-4-10(9)20-12(11)15-14(17)16(8)5-6-18/h8,18H,2-7H2,1H3/t8-/m1/s1. The van der Waals surface area contributed by atoms with Gasteiger partial charge >= 0.3 is 0 Å². The Hall–Kier alpha value is -1.40. The smallest absolute Gasteiger partial charge is 0.264 e. The molecule has 0 fully saturated rings. The molecule has 5 nitrogen and oxygen atoms in total. The molecule has 1 aliphatic heterocycles. The Morgan fingerprint density at radius 3 is 3.10 bits per heavy atom. The minimum atomic E-state index is 0.0825. The van der Waals surface area contributed by atoms with Gasteiger partial charge in [0.15, 0.2) is 0 Å². The lowest BCUT2D eigenvalue weighted by Crippen LogP contribution is -2.32. The fourth-order valence-corrected chi connectivity index (χ4v) is 4.68. The first-order chi connectivity index (χ1) is 9.70. The number of thiophene rings is 1. The lowest BCUT2D eigenvalue weighted by molar-refractivity contribution is 0.299. The topological polar surface area (TPSA) is 58.4 Å². The molecule has 20 heavy (non-hydrogen) atoms. The van der Waals surface area contributed by atoms with Gasteiger partial charge in [0.2, 0.25) is 5.95 Å². The molecule has 0 unspecified atom stereocenters. The van der Waals surface area contributed by atoms with Crippen molar-refractivity contribution in [1.29, 1.82) is 0 Å². The van der Waals surface area contributed by atoms with Crippen LogP contribution in [0.1, 0.15) is 23.8 Å². The van der Waals surface area contributed by atoms with Crippen LogP contribution in [0.15, 0.2) is 4.79 Å². The van der Waals surface area contributed by atoms with Gasteiger partial charge in [-0.3, -0.25) is 9.36 Å². The highest BCUT2D eigenvalue weighted by atomic mass is 32.1. The first-order valence-corrected chi connectivity index (χ1v) is 7.95. The molecule has 0 saturated carbocycles.